The fourth-order valence-electron chi connectivity index (χ4n) is 1.90. The zero-order valence-corrected chi connectivity index (χ0v) is 8.56. The molecule has 0 spiro atoms. The van der Waals surface area contributed by atoms with Gasteiger partial charge in [0.15, 0.2) is 0 Å². The topological polar surface area (TPSA) is 47.3 Å². The lowest BCUT2D eigenvalue weighted by atomic mass is 10.1. The highest BCUT2D eigenvalue weighted by molar-refractivity contribution is 5.51. The first-order valence-corrected chi connectivity index (χ1v) is 5.23. The molecule has 0 radical (unpaired) electrons. The average Bonchev–Trinajstić information content (AvgIpc) is 2.30. The van der Waals surface area contributed by atoms with Crippen LogP contribution in [-0.4, -0.2) is 24.3 Å². The second-order valence-electron chi connectivity index (χ2n) is 3.88. The smallest absolute Gasteiger partial charge is 0.0992 e. The van der Waals surface area contributed by atoms with Gasteiger partial charge in [0.1, 0.15) is 0 Å². The Morgan fingerprint density at radius 2 is 2.07 bits per heavy atom. The summed E-state index contributed by atoms with van der Waals surface area (Å²) in [7, 11) is 0. The van der Waals surface area contributed by atoms with Gasteiger partial charge in [-0.3, -0.25) is 0 Å². The van der Waals surface area contributed by atoms with Crippen molar-refractivity contribution in [3.63, 3.8) is 0 Å². The molecule has 1 aromatic carbocycles. The average molecular weight is 202 g/mol. The Morgan fingerprint density at radius 3 is 2.73 bits per heavy atom. The van der Waals surface area contributed by atoms with Crippen LogP contribution in [0.3, 0.4) is 0 Å². The fourth-order valence-corrected chi connectivity index (χ4v) is 1.90. The van der Waals surface area contributed by atoms with Gasteiger partial charge in [-0.2, -0.15) is 5.26 Å². The van der Waals surface area contributed by atoms with Crippen LogP contribution in [0.15, 0.2) is 24.3 Å². The van der Waals surface area contributed by atoms with Gasteiger partial charge in [-0.25, -0.2) is 0 Å². The highest BCUT2D eigenvalue weighted by Crippen LogP contribution is 2.20. The zero-order valence-electron chi connectivity index (χ0n) is 8.56. The molecule has 1 heterocycles. The first-order valence-electron chi connectivity index (χ1n) is 5.23. The number of hydrogen-bond acceptors (Lipinski definition) is 3. The number of nitriles is 1. The van der Waals surface area contributed by atoms with Crippen LogP contribution < -0.4 is 4.90 Å². The number of aliphatic hydroxyl groups is 1. The van der Waals surface area contributed by atoms with Crippen molar-refractivity contribution in [3.05, 3.63) is 29.8 Å². The van der Waals surface area contributed by atoms with E-state index in [0.29, 0.717) is 5.56 Å². The van der Waals surface area contributed by atoms with Crippen molar-refractivity contribution in [3.8, 4) is 6.07 Å². The third-order valence-corrected chi connectivity index (χ3v) is 2.80. The molecule has 0 saturated carbocycles. The number of hydrogen-bond donors (Lipinski definition) is 1. The summed E-state index contributed by atoms with van der Waals surface area (Å²) in [5.41, 5.74) is 1.78. The minimum atomic E-state index is -0.152. The van der Waals surface area contributed by atoms with Crippen molar-refractivity contribution in [1.29, 1.82) is 5.26 Å². The van der Waals surface area contributed by atoms with Gasteiger partial charge in [-0.1, -0.05) is 6.07 Å². The molecule has 0 unspecified atom stereocenters. The van der Waals surface area contributed by atoms with Crippen LogP contribution in [-0.2, 0) is 0 Å². The summed E-state index contributed by atoms with van der Waals surface area (Å²) in [6.07, 6.45) is 1.48. The van der Waals surface area contributed by atoms with Gasteiger partial charge in [0.2, 0.25) is 0 Å². The second kappa shape index (κ2) is 4.33. The van der Waals surface area contributed by atoms with Crippen LogP contribution in [0, 0.1) is 11.3 Å². The summed E-state index contributed by atoms with van der Waals surface area (Å²) in [4.78, 5) is 2.22. The van der Waals surface area contributed by atoms with Crippen LogP contribution in [0.2, 0.25) is 0 Å². The Labute approximate surface area is 89.6 Å². The Morgan fingerprint density at radius 1 is 1.33 bits per heavy atom. The monoisotopic (exact) mass is 202 g/mol. The minimum Gasteiger partial charge on any atom is -0.393 e. The van der Waals surface area contributed by atoms with Gasteiger partial charge in [0.05, 0.1) is 17.7 Å². The summed E-state index contributed by atoms with van der Waals surface area (Å²) in [5.74, 6) is 0. The predicted molar refractivity (Wildman–Crippen MR) is 58.6 cm³/mol. The van der Waals surface area contributed by atoms with E-state index >= 15 is 0 Å². The van der Waals surface area contributed by atoms with E-state index in [-0.39, 0.29) is 6.10 Å². The van der Waals surface area contributed by atoms with Crippen molar-refractivity contribution in [2.24, 2.45) is 0 Å². The molecule has 3 nitrogen and oxygen atoms in total. The maximum atomic E-state index is 9.40. The Balaban J connectivity index is 2.12. The van der Waals surface area contributed by atoms with E-state index in [0.717, 1.165) is 31.6 Å². The highest BCUT2D eigenvalue weighted by Gasteiger charge is 2.17. The molecule has 3 heteroatoms. The van der Waals surface area contributed by atoms with E-state index in [2.05, 4.69) is 11.0 Å². The molecule has 1 aliphatic rings. The normalized spacial score (nSPS) is 17.5. The highest BCUT2D eigenvalue weighted by atomic mass is 16.3. The molecule has 0 aliphatic carbocycles. The van der Waals surface area contributed by atoms with Crippen molar-refractivity contribution in [2.45, 2.75) is 18.9 Å². The Kier molecular flexibility index (Phi) is 2.89. The van der Waals surface area contributed by atoms with E-state index in [1.54, 1.807) is 0 Å². The Hall–Kier alpha value is -1.53. The van der Waals surface area contributed by atoms with Gasteiger partial charge in [0.25, 0.3) is 0 Å². The van der Waals surface area contributed by atoms with E-state index in [9.17, 15) is 5.11 Å². The van der Waals surface area contributed by atoms with Gasteiger partial charge in [-0.15, -0.1) is 0 Å². The number of benzene rings is 1. The van der Waals surface area contributed by atoms with Crippen LogP contribution in [0.5, 0.6) is 0 Å². The Bertz CT molecular complexity index is 375. The van der Waals surface area contributed by atoms with E-state index in [1.807, 2.05) is 24.3 Å². The molecule has 0 amide bonds. The fraction of sp³-hybridized carbons (Fsp3) is 0.417. The minimum absolute atomic E-state index is 0.152. The summed E-state index contributed by atoms with van der Waals surface area (Å²) >= 11 is 0. The lowest BCUT2D eigenvalue weighted by Gasteiger charge is -2.31. The quantitative estimate of drug-likeness (QED) is 0.751. The molecule has 2 rings (SSSR count). The molecule has 78 valence electrons. The van der Waals surface area contributed by atoms with E-state index in [1.165, 1.54) is 0 Å². The summed E-state index contributed by atoms with van der Waals surface area (Å²) in [5, 5.41) is 18.2. The summed E-state index contributed by atoms with van der Waals surface area (Å²) in [6, 6.07) is 9.76. The maximum absolute atomic E-state index is 9.40. The van der Waals surface area contributed by atoms with E-state index in [4.69, 9.17) is 5.26 Å². The van der Waals surface area contributed by atoms with Gasteiger partial charge in [0, 0.05) is 18.8 Å². The third-order valence-electron chi connectivity index (χ3n) is 2.80. The van der Waals surface area contributed by atoms with Crippen LogP contribution >= 0.6 is 0 Å². The van der Waals surface area contributed by atoms with E-state index < -0.39 is 0 Å². The SMILES string of the molecule is N#Cc1cccc(N2CCC(O)CC2)c1. The number of anilines is 1. The largest absolute Gasteiger partial charge is 0.393 e. The molecular weight excluding hydrogens is 188 g/mol. The first kappa shape index (κ1) is 10.0. The van der Waals surface area contributed by atoms with Crippen LogP contribution in [0.4, 0.5) is 5.69 Å². The number of aliphatic hydroxyl groups excluding tert-OH is 1. The predicted octanol–water partition coefficient (Wildman–Crippen LogP) is 1.52. The molecule has 0 bridgehead atoms. The zero-order chi connectivity index (χ0) is 10.7. The number of rotatable bonds is 1. The lowest BCUT2D eigenvalue weighted by molar-refractivity contribution is 0.145. The van der Waals surface area contributed by atoms with Crippen molar-refractivity contribution < 1.29 is 5.11 Å². The molecule has 1 aliphatic heterocycles. The van der Waals surface area contributed by atoms with Crippen LogP contribution in [0.1, 0.15) is 18.4 Å². The summed E-state index contributed by atoms with van der Waals surface area (Å²) in [6.45, 7) is 1.74. The lowest BCUT2D eigenvalue weighted by Crippen LogP contribution is -2.35. The van der Waals surface area contributed by atoms with Gasteiger partial charge < -0.3 is 10.0 Å². The van der Waals surface area contributed by atoms with Crippen molar-refractivity contribution in [1.82, 2.24) is 0 Å². The molecule has 1 N–H and O–H groups in total. The first-order chi connectivity index (χ1) is 7.29. The molecule has 1 aromatic rings. The molecule has 15 heavy (non-hydrogen) atoms. The van der Waals surface area contributed by atoms with Gasteiger partial charge in [-0.05, 0) is 31.0 Å². The van der Waals surface area contributed by atoms with Crippen LogP contribution in [0.25, 0.3) is 0 Å². The van der Waals surface area contributed by atoms with Gasteiger partial charge >= 0.3 is 0 Å². The summed E-state index contributed by atoms with van der Waals surface area (Å²) < 4.78 is 0. The van der Waals surface area contributed by atoms with Crippen molar-refractivity contribution >= 4 is 5.69 Å². The molecule has 0 atom stereocenters. The molecule has 1 fully saturated rings. The number of piperidine rings is 1. The molecular formula is C12H14N2O. The number of nitrogens with zero attached hydrogens (tertiary/aromatic N) is 2. The van der Waals surface area contributed by atoms with Crippen molar-refractivity contribution in [2.75, 3.05) is 18.0 Å². The molecule has 0 aromatic heterocycles. The standard InChI is InChI=1S/C12H14N2O/c13-9-10-2-1-3-11(8-10)14-6-4-12(15)5-7-14/h1-3,8,12,15H,4-7H2. The second-order valence-corrected chi connectivity index (χ2v) is 3.88. The maximum Gasteiger partial charge on any atom is 0.0992 e. The molecule has 1 saturated heterocycles. The third kappa shape index (κ3) is 2.28.